The molecule has 3 N–H and O–H groups in total. The fourth-order valence-electron chi connectivity index (χ4n) is 2.04. The van der Waals surface area contributed by atoms with Crippen molar-refractivity contribution in [2.45, 2.75) is 31.7 Å². The number of nitrogens with two attached hydrogens (primary N) is 1. The molecule has 2 aromatic rings. The Hall–Kier alpha value is -1.88. The van der Waals surface area contributed by atoms with E-state index in [0.29, 0.717) is 10.9 Å². The van der Waals surface area contributed by atoms with Crippen LogP contribution in [0.4, 0.5) is 0 Å². The zero-order valence-corrected chi connectivity index (χ0v) is 12.7. The minimum atomic E-state index is -0.0243. The highest BCUT2D eigenvalue weighted by Crippen LogP contribution is 2.21. The zero-order chi connectivity index (χ0) is 14.7. The zero-order valence-electron chi connectivity index (χ0n) is 11.9. The van der Waals surface area contributed by atoms with Gasteiger partial charge in [-0.3, -0.25) is 5.41 Å². The highest BCUT2D eigenvalue weighted by atomic mass is 32.2. The first-order valence-corrected chi connectivity index (χ1v) is 7.32. The molecule has 0 saturated heterocycles. The van der Waals surface area contributed by atoms with Gasteiger partial charge in [0.1, 0.15) is 11.5 Å². The van der Waals surface area contributed by atoms with Crippen molar-refractivity contribution in [2.24, 2.45) is 5.73 Å². The normalized spacial score (nSPS) is 10.6. The molecule has 2 rings (SSSR count). The average Bonchev–Trinajstić information content (AvgIpc) is 2.34. The lowest BCUT2D eigenvalue weighted by Gasteiger charge is -2.06. The number of nitrogens with one attached hydrogen (secondary N) is 1. The van der Waals surface area contributed by atoms with Crippen molar-refractivity contribution < 1.29 is 0 Å². The first-order valence-electron chi connectivity index (χ1n) is 6.34. The number of thioether (sulfide) groups is 1. The third-order valence-electron chi connectivity index (χ3n) is 2.76. The Balaban J connectivity index is 2.16. The first-order chi connectivity index (χ1) is 9.44. The van der Waals surface area contributed by atoms with Crippen LogP contribution in [0.15, 0.2) is 29.4 Å². The molecule has 0 bridgehead atoms. The molecular formula is C15H18N4S. The van der Waals surface area contributed by atoms with Gasteiger partial charge in [-0.2, -0.15) is 0 Å². The Bertz CT molecular complexity index is 632. The van der Waals surface area contributed by atoms with Crippen molar-refractivity contribution in [3.63, 3.8) is 0 Å². The van der Waals surface area contributed by atoms with Gasteiger partial charge in [-0.15, -0.1) is 0 Å². The van der Waals surface area contributed by atoms with Crippen molar-refractivity contribution >= 4 is 17.6 Å². The molecule has 5 heteroatoms. The molecule has 4 nitrogen and oxygen atoms in total. The average molecular weight is 286 g/mol. The van der Waals surface area contributed by atoms with E-state index in [9.17, 15) is 0 Å². The van der Waals surface area contributed by atoms with E-state index in [1.165, 1.54) is 16.7 Å². The maximum Gasteiger partial charge on any atom is 0.188 e. The maximum atomic E-state index is 7.46. The van der Waals surface area contributed by atoms with Crippen LogP contribution >= 0.6 is 11.8 Å². The maximum absolute atomic E-state index is 7.46. The van der Waals surface area contributed by atoms with Crippen LogP contribution in [-0.2, 0) is 5.75 Å². The Labute approximate surface area is 123 Å². The highest BCUT2D eigenvalue weighted by Gasteiger charge is 2.06. The lowest BCUT2D eigenvalue weighted by molar-refractivity contribution is 0.921. The van der Waals surface area contributed by atoms with E-state index in [0.717, 1.165) is 11.4 Å². The second-order valence-electron chi connectivity index (χ2n) is 4.88. The Kier molecular flexibility index (Phi) is 4.39. The Morgan fingerprint density at radius 2 is 1.75 bits per heavy atom. The van der Waals surface area contributed by atoms with Gasteiger partial charge in [0.2, 0.25) is 0 Å². The SMILES string of the molecule is Cc1cc(C)cc(CSc2nc(C)cc(C(=N)N)n2)c1. The predicted molar refractivity (Wildman–Crippen MR) is 83.3 cm³/mol. The molecular weight excluding hydrogens is 268 g/mol. The van der Waals surface area contributed by atoms with E-state index in [1.807, 2.05) is 6.92 Å². The number of hydrogen-bond acceptors (Lipinski definition) is 4. The molecule has 0 aliphatic heterocycles. The van der Waals surface area contributed by atoms with Crippen LogP contribution in [0.3, 0.4) is 0 Å². The monoisotopic (exact) mass is 286 g/mol. The van der Waals surface area contributed by atoms with Crippen LogP contribution in [0, 0.1) is 26.2 Å². The number of hydrogen-bond donors (Lipinski definition) is 2. The smallest absolute Gasteiger partial charge is 0.188 e. The van der Waals surface area contributed by atoms with Gasteiger partial charge in [-0.1, -0.05) is 41.1 Å². The molecule has 0 saturated carbocycles. The topological polar surface area (TPSA) is 75.7 Å². The second kappa shape index (κ2) is 6.05. The van der Waals surface area contributed by atoms with Gasteiger partial charge in [0.15, 0.2) is 5.16 Å². The summed E-state index contributed by atoms with van der Waals surface area (Å²) in [5.74, 6) is 0.785. The van der Waals surface area contributed by atoms with Crippen LogP contribution in [-0.4, -0.2) is 15.8 Å². The molecule has 0 atom stereocenters. The number of aromatic nitrogens is 2. The van der Waals surface area contributed by atoms with Crippen molar-refractivity contribution in [1.29, 1.82) is 5.41 Å². The van der Waals surface area contributed by atoms with Crippen molar-refractivity contribution in [3.8, 4) is 0 Å². The number of nitrogen functional groups attached to an aromatic ring is 1. The molecule has 20 heavy (non-hydrogen) atoms. The molecule has 0 fully saturated rings. The quantitative estimate of drug-likeness (QED) is 0.392. The van der Waals surface area contributed by atoms with Crippen LogP contribution in [0.25, 0.3) is 0 Å². The number of amidine groups is 1. The van der Waals surface area contributed by atoms with E-state index >= 15 is 0 Å². The first kappa shape index (κ1) is 14.5. The fourth-order valence-corrected chi connectivity index (χ4v) is 2.88. The number of nitrogens with zero attached hydrogens (tertiary/aromatic N) is 2. The van der Waals surface area contributed by atoms with Crippen LogP contribution < -0.4 is 5.73 Å². The lowest BCUT2D eigenvalue weighted by Crippen LogP contribution is -2.14. The molecule has 0 aliphatic carbocycles. The predicted octanol–water partition coefficient (Wildman–Crippen LogP) is 2.98. The molecule has 104 valence electrons. The van der Waals surface area contributed by atoms with Crippen LogP contribution in [0.2, 0.25) is 0 Å². The third kappa shape index (κ3) is 3.81. The van der Waals surface area contributed by atoms with Gasteiger partial charge in [0.25, 0.3) is 0 Å². The van der Waals surface area contributed by atoms with E-state index in [4.69, 9.17) is 11.1 Å². The van der Waals surface area contributed by atoms with Crippen LogP contribution in [0.1, 0.15) is 28.1 Å². The van der Waals surface area contributed by atoms with Gasteiger partial charge >= 0.3 is 0 Å². The summed E-state index contributed by atoms with van der Waals surface area (Å²) in [4.78, 5) is 8.67. The number of benzene rings is 1. The van der Waals surface area contributed by atoms with Crippen molar-refractivity contribution in [3.05, 3.63) is 52.3 Å². The number of aryl methyl sites for hydroxylation is 3. The largest absolute Gasteiger partial charge is 0.382 e. The lowest BCUT2D eigenvalue weighted by atomic mass is 10.1. The minimum Gasteiger partial charge on any atom is -0.382 e. The van der Waals surface area contributed by atoms with Crippen molar-refractivity contribution in [2.75, 3.05) is 0 Å². The summed E-state index contributed by atoms with van der Waals surface area (Å²) in [6, 6.07) is 8.22. The van der Waals surface area contributed by atoms with Gasteiger partial charge in [0.05, 0.1) is 0 Å². The molecule has 0 spiro atoms. The van der Waals surface area contributed by atoms with E-state index in [-0.39, 0.29) is 5.84 Å². The summed E-state index contributed by atoms with van der Waals surface area (Å²) in [6.07, 6.45) is 0. The Morgan fingerprint density at radius 1 is 1.10 bits per heavy atom. The second-order valence-corrected chi connectivity index (χ2v) is 5.82. The van der Waals surface area contributed by atoms with Gasteiger partial charge in [-0.25, -0.2) is 9.97 Å². The molecule has 1 heterocycles. The Morgan fingerprint density at radius 3 is 2.35 bits per heavy atom. The molecule has 1 aromatic heterocycles. The third-order valence-corrected chi connectivity index (χ3v) is 3.68. The van der Waals surface area contributed by atoms with Gasteiger partial charge in [-0.05, 0) is 32.4 Å². The molecule has 0 radical (unpaired) electrons. The van der Waals surface area contributed by atoms with Crippen LogP contribution in [0.5, 0.6) is 0 Å². The van der Waals surface area contributed by atoms with Crippen molar-refractivity contribution in [1.82, 2.24) is 9.97 Å². The molecule has 0 unspecified atom stereocenters. The van der Waals surface area contributed by atoms with E-state index in [1.54, 1.807) is 17.8 Å². The van der Waals surface area contributed by atoms with Gasteiger partial charge < -0.3 is 5.73 Å². The summed E-state index contributed by atoms with van der Waals surface area (Å²) in [6.45, 7) is 6.07. The number of rotatable bonds is 4. The summed E-state index contributed by atoms with van der Waals surface area (Å²) >= 11 is 1.56. The highest BCUT2D eigenvalue weighted by molar-refractivity contribution is 7.98. The fraction of sp³-hybridized carbons (Fsp3) is 0.267. The van der Waals surface area contributed by atoms with E-state index in [2.05, 4.69) is 42.0 Å². The summed E-state index contributed by atoms with van der Waals surface area (Å²) in [5.41, 5.74) is 10.6. The molecule has 0 amide bonds. The molecule has 1 aromatic carbocycles. The summed E-state index contributed by atoms with van der Waals surface area (Å²) in [7, 11) is 0. The van der Waals surface area contributed by atoms with E-state index < -0.39 is 0 Å². The summed E-state index contributed by atoms with van der Waals surface area (Å²) in [5, 5.41) is 8.12. The molecule has 0 aliphatic rings. The van der Waals surface area contributed by atoms with Gasteiger partial charge in [0, 0.05) is 11.4 Å². The standard InChI is InChI=1S/C15H18N4S/c1-9-4-10(2)6-12(5-9)8-20-15-18-11(3)7-13(19-15)14(16)17/h4-7H,8H2,1-3H3,(H3,16,17). The summed E-state index contributed by atoms with van der Waals surface area (Å²) < 4.78 is 0. The minimum absolute atomic E-state index is 0.0243.